The number of alkyl halides is 3. The summed E-state index contributed by atoms with van der Waals surface area (Å²) in [7, 11) is 0. The van der Waals surface area contributed by atoms with Gasteiger partial charge in [-0.1, -0.05) is 12.1 Å². The monoisotopic (exact) mass is 442 g/mol. The highest BCUT2D eigenvalue weighted by Crippen LogP contribution is 2.35. The maximum absolute atomic E-state index is 13.0. The Bertz CT molecular complexity index is 903. The molecule has 0 radical (unpaired) electrons. The standard InChI is InChI=1S/C19H21F3N4O3S/c1-12(10-29-15-6-3-2-5-14(15)19(20,21)22)24-16(27)9-13-11-30-18(25-13)26-8-4-7-23-17(26)28/h2-3,5-6,11-12H,4,7-10H2,1H3,(H,23,28)(H,24,27). The SMILES string of the molecule is CC(COc1ccccc1C(F)(F)F)NC(=O)Cc1csc(N2CCCNC2=O)n1. The zero-order chi connectivity index (χ0) is 21.7. The number of hydrogen-bond acceptors (Lipinski definition) is 5. The van der Waals surface area contributed by atoms with E-state index < -0.39 is 17.8 Å². The van der Waals surface area contributed by atoms with Crippen molar-refractivity contribution in [2.75, 3.05) is 24.6 Å². The van der Waals surface area contributed by atoms with Crippen LogP contribution in [-0.4, -0.2) is 42.7 Å². The number of aromatic nitrogens is 1. The van der Waals surface area contributed by atoms with E-state index in [0.29, 0.717) is 23.9 Å². The molecule has 162 valence electrons. The molecule has 1 aromatic carbocycles. The molecule has 0 bridgehead atoms. The number of anilines is 1. The number of thiazole rings is 1. The van der Waals surface area contributed by atoms with Crippen LogP contribution >= 0.6 is 11.3 Å². The number of carbonyl (C=O) groups excluding carboxylic acids is 2. The maximum Gasteiger partial charge on any atom is 0.419 e. The lowest BCUT2D eigenvalue weighted by Gasteiger charge is -2.24. The van der Waals surface area contributed by atoms with Crippen molar-refractivity contribution in [3.05, 3.63) is 40.9 Å². The van der Waals surface area contributed by atoms with E-state index in [1.165, 1.54) is 34.4 Å². The number of para-hydroxylation sites is 1. The predicted octanol–water partition coefficient (Wildman–Crippen LogP) is 3.21. The van der Waals surface area contributed by atoms with Gasteiger partial charge >= 0.3 is 12.2 Å². The molecule has 1 fully saturated rings. The van der Waals surface area contributed by atoms with Gasteiger partial charge in [0.25, 0.3) is 0 Å². The van der Waals surface area contributed by atoms with Crippen LogP contribution in [0.4, 0.5) is 23.1 Å². The first-order valence-corrected chi connectivity index (χ1v) is 10.2. The first kappa shape index (κ1) is 21.9. The molecule has 2 heterocycles. The molecule has 7 nitrogen and oxygen atoms in total. The zero-order valence-electron chi connectivity index (χ0n) is 16.2. The van der Waals surface area contributed by atoms with Crippen molar-refractivity contribution < 1.29 is 27.5 Å². The van der Waals surface area contributed by atoms with Gasteiger partial charge in [-0.15, -0.1) is 11.3 Å². The third-order valence-corrected chi connectivity index (χ3v) is 5.19. The van der Waals surface area contributed by atoms with Gasteiger partial charge in [0, 0.05) is 18.5 Å². The molecule has 1 aromatic heterocycles. The van der Waals surface area contributed by atoms with E-state index in [4.69, 9.17) is 4.74 Å². The van der Waals surface area contributed by atoms with Gasteiger partial charge in [0.2, 0.25) is 5.91 Å². The summed E-state index contributed by atoms with van der Waals surface area (Å²) >= 11 is 1.27. The van der Waals surface area contributed by atoms with Crippen LogP contribution in [0.15, 0.2) is 29.6 Å². The number of amides is 3. The number of ether oxygens (including phenoxy) is 1. The highest BCUT2D eigenvalue weighted by atomic mass is 32.1. The van der Waals surface area contributed by atoms with Gasteiger partial charge in [0.1, 0.15) is 12.4 Å². The highest BCUT2D eigenvalue weighted by molar-refractivity contribution is 7.14. The fraction of sp³-hybridized carbons (Fsp3) is 0.421. The van der Waals surface area contributed by atoms with E-state index in [1.807, 2.05) is 0 Å². The summed E-state index contributed by atoms with van der Waals surface area (Å²) in [6, 6.07) is 4.21. The van der Waals surface area contributed by atoms with E-state index in [9.17, 15) is 22.8 Å². The molecule has 0 spiro atoms. The lowest BCUT2D eigenvalue weighted by atomic mass is 10.2. The van der Waals surface area contributed by atoms with Crippen molar-refractivity contribution in [1.29, 1.82) is 0 Å². The van der Waals surface area contributed by atoms with Crippen molar-refractivity contribution in [2.45, 2.75) is 32.0 Å². The molecule has 1 unspecified atom stereocenters. The second-order valence-electron chi connectivity index (χ2n) is 6.81. The van der Waals surface area contributed by atoms with Crippen molar-refractivity contribution in [3.63, 3.8) is 0 Å². The molecule has 1 aliphatic heterocycles. The summed E-state index contributed by atoms with van der Waals surface area (Å²) in [5.74, 6) is -0.620. The number of urea groups is 1. The molecule has 2 aromatic rings. The minimum Gasteiger partial charge on any atom is -0.491 e. The van der Waals surface area contributed by atoms with Gasteiger partial charge in [-0.3, -0.25) is 9.69 Å². The van der Waals surface area contributed by atoms with Gasteiger partial charge < -0.3 is 15.4 Å². The van der Waals surface area contributed by atoms with Gasteiger partial charge in [0.05, 0.1) is 23.7 Å². The lowest BCUT2D eigenvalue weighted by molar-refractivity contribution is -0.139. The Balaban J connectivity index is 1.50. The number of halogens is 3. The molecule has 11 heteroatoms. The van der Waals surface area contributed by atoms with Crippen LogP contribution in [-0.2, 0) is 17.4 Å². The summed E-state index contributed by atoms with van der Waals surface area (Å²) in [5, 5.41) is 7.65. The van der Waals surface area contributed by atoms with Crippen LogP contribution in [0.25, 0.3) is 0 Å². The molecule has 0 saturated carbocycles. The Kier molecular flexibility index (Phi) is 6.80. The van der Waals surface area contributed by atoms with Crippen LogP contribution in [0, 0.1) is 0 Å². The normalized spacial score (nSPS) is 15.5. The van der Waals surface area contributed by atoms with E-state index in [-0.39, 0.29) is 30.7 Å². The summed E-state index contributed by atoms with van der Waals surface area (Å²) in [5.41, 5.74) is -0.346. The Labute approximate surface area is 175 Å². The average molecular weight is 442 g/mol. The second-order valence-corrected chi connectivity index (χ2v) is 7.65. The number of rotatable bonds is 7. The average Bonchev–Trinajstić information content (AvgIpc) is 3.14. The van der Waals surface area contributed by atoms with Gasteiger partial charge in [0.15, 0.2) is 5.13 Å². The lowest BCUT2D eigenvalue weighted by Crippen LogP contribution is -2.46. The third kappa shape index (κ3) is 5.62. The fourth-order valence-electron chi connectivity index (χ4n) is 2.89. The Hall–Kier alpha value is -2.82. The molecule has 1 atom stereocenters. The minimum absolute atomic E-state index is 0.00453. The second kappa shape index (κ2) is 9.33. The first-order chi connectivity index (χ1) is 14.2. The third-order valence-electron chi connectivity index (χ3n) is 4.28. The van der Waals surface area contributed by atoms with E-state index >= 15 is 0 Å². The minimum atomic E-state index is -4.52. The summed E-state index contributed by atoms with van der Waals surface area (Å²) < 4.78 is 44.3. The summed E-state index contributed by atoms with van der Waals surface area (Å²) in [6.45, 7) is 2.72. The van der Waals surface area contributed by atoms with Gasteiger partial charge in [-0.05, 0) is 25.5 Å². The molecule has 2 N–H and O–H groups in total. The molecular formula is C19H21F3N4O3S. The number of benzene rings is 1. The quantitative estimate of drug-likeness (QED) is 0.690. The predicted molar refractivity (Wildman–Crippen MR) is 106 cm³/mol. The number of nitrogens with zero attached hydrogens (tertiary/aromatic N) is 2. The smallest absolute Gasteiger partial charge is 0.419 e. The molecule has 0 aliphatic carbocycles. The first-order valence-electron chi connectivity index (χ1n) is 9.32. The topological polar surface area (TPSA) is 83.6 Å². The van der Waals surface area contributed by atoms with Crippen LogP contribution in [0.3, 0.4) is 0 Å². The summed E-state index contributed by atoms with van der Waals surface area (Å²) in [6.07, 6.45) is -3.71. The molecular weight excluding hydrogens is 421 g/mol. The number of hydrogen-bond donors (Lipinski definition) is 2. The number of carbonyl (C=O) groups is 2. The molecule has 1 aliphatic rings. The van der Waals surface area contributed by atoms with Crippen LogP contribution in [0.1, 0.15) is 24.6 Å². The molecule has 3 amide bonds. The Morgan fingerprint density at radius 2 is 2.17 bits per heavy atom. The van der Waals surface area contributed by atoms with Crippen molar-refractivity contribution in [2.24, 2.45) is 0 Å². The molecule has 1 saturated heterocycles. The van der Waals surface area contributed by atoms with Crippen LogP contribution in [0.5, 0.6) is 5.75 Å². The van der Waals surface area contributed by atoms with Crippen molar-refractivity contribution in [3.8, 4) is 5.75 Å². The van der Waals surface area contributed by atoms with E-state index in [0.717, 1.165) is 12.5 Å². The van der Waals surface area contributed by atoms with Crippen molar-refractivity contribution >= 4 is 28.4 Å². The maximum atomic E-state index is 13.0. The summed E-state index contributed by atoms with van der Waals surface area (Å²) in [4.78, 5) is 30.0. The molecule has 30 heavy (non-hydrogen) atoms. The fourth-order valence-corrected chi connectivity index (χ4v) is 3.74. The van der Waals surface area contributed by atoms with E-state index in [2.05, 4.69) is 15.6 Å². The zero-order valence-corrected chi connectivity index (χ0v) is 17.0. The van der Waals surface area contributed by atoms with Crippen LogP contribution < -0.4 is 20.3 Å². The van der Waals surface area contributed by atoms with Gasteiger partial charge in [-0.2, -0.15) is 13.2 Å². The van der Waals surface area contributed by atoms with Crippen molar-refractivity contribution in [1.82, 2.24) is 15.6 Å². The van der Waals surface area contributed by atoms with Gasteiger partial charge in [-0.25, -0.2) is 9.78 Å². The van der Waals surface area contributed by atoms with E-state index in [1.54, 1.807) is 12.3 Å². The Morgan fingerprint density at radius 1 is 1.40 bits per heavy atom. The highest BCUT2D eigenvalue weighted by Gasteiger charge is 2.34. The Morgan fingerprint density at radius 3 is 2.90 bits per heavy atom. The number of nitrogens with one attached hydrogen (secondary N) is 2. The van der Waals surface area contributed by atoms with Crippen LogP contribution in [0.2, 0.25) is 0 Å². The molecule has 3 rings (SSSR count). The largest absolute Gasteiger partial charge is 0.491 e.